The standard InChI is InChI=1S/CH2S2.K/c2-1-3;/h1H,(H,2,3);. The van der Waals surface area contributed by atoms with Gasteiger partial charge in [0.05, 0.1) is 0 Å². The minimum atomic E-state index is 0. The van der Waals surface area contributed by atoms with Crippen LogP contribution in [0.4, 0.5) is 0 Å². The summed E-state index contributed by atoms with van der Waals surface area (Å²) in [6.07, 6.45) is 0. The molecule has 0 rings (SSSR count). The molecule has 3 heteroatoms. The van der Waals surface area contributed by atoms with Gasteiger partial charge >= 0.3 is 0 Å². The van der Waals surface area contributed by atoms with E-state index in [-0.39, 0.29) is 51.4 Å². The summed E-state index contributed by atoms with van der Waals surface area (Å²) in [5, 5.41) is 0. The van der Waals surface area contributed by atoms with Crippen LogP contribution in [0.15, 0.2) is 0 Å². The Morgan fingerprint density at radius 1 is 1.75 bits per heavy atom. The van der Waals surface area contributed by atoms with E-state index in [1.54, 1.807) is 0 Å². The van der Waals surface area contributed by atoms with E-state index in [2.05, 4.69) is 24.8 Å². The van der Waals surface area contributed by atoms with E-state index in [9.17, 15) is 0 Å². The zero-order valence-electron chi connectivity index (χ0n) is 2.43. The average molecular weight is 117 g/mol. The normalized spacial score (nSPS) is 3.25. The van der Waals surface area contributed by atoms with Crippen LogP contribution >= 0.6 is 24.8 Å². The van der Waals surface area contributed by atoms with Gasteiger partial charge < -0.3 is 0 Å². The van der Waals surface area contributed by atoms with Crippen molar-refractivity contribution in [3.63, 3.8) is 0 Å². The van der Waals surface area contributed by atoms with Crippen molar-refractivity contribution in [2.45, 2.75) is 0 Å². The summed E-state index contributed by atoms with van der Waals surface area (Å²) in [6.45, 7) is 0. The fourth-order valence-electron chi connectivity index (χ4n) is 0. The van der Waals surface area contributed by atoms with Crippen LogP contribution in [0.2, 0.25) is 0 Å². The molecule has 0 spiro atoms. The Bertz CT molecular complexity index is 13.5. The number of thiocarbonyl (C=S) groups is 1. The number of thiol groups is 1. The molecule has 0 saturated heterocycles. The van der Waals surface area contributed by atoms with E-state index in [1.807, 2.05) is 0 Å². The van der Waals surface area contributed by atoms with Gasteiger partial charge in [-0.2, -0.15) is 0 Å². The molecule has 4 heavy (non-hydrogen) atoms. The van der Waals surface area contributed by atoms with E-state index >= 15 is 0 Å². The van der Waals surface area contributed by atoms with Crippen molar-refractivity contribution in [2.24, 2.45) is 0 Å². The van der Waals surface area contributed by atoms with Crippen LogP contribution in [0.5, 0.6) is 0 Å². The van der Waals surface area contributed by atoms with Crippen molar-refractivity contribution in [1.82, 2.24) is 0 Å². The second-order valence-electron chi connectivity index (χ2n) is 0.105. The number of hydrogen-bond donors (Lipinski definition) is 1. The molecule has 0 aliphatic heterocycles. The van der Waals surface area contributed by atoms with Gasteiger partial charge in [-0.3, -0.25) is 0 Å². The zero-order valence-corrected chi connectivity index (χ0v) is 7.27. The summed E-state index contributed by atoms with van der Waals surface area (Å²) in [6, 6.07) is 0. The summed E-state index contributed by atoms with van der Waals surface area (Å²) in [5.74, 6) is 0. The molecule has 0 nitrogen and oxygen atoms in total. The van der Waals surface area contributed by atoms with Crippen LogP contribution in [0.25, 0.3) is 0 Å². The van der Waals surface area contributed by atoms with Gasteiger partial charge in [0.2, 0.25) is 0 Å². The number of rotatable bonds is 0. The first-order valence-electron chi connectivity index (χ1n) is 0.494. The molecule has 0 aromatic carbocycles. The van der Waals surface area contributed by atoms with Crippen LogP contribution in [-0.2, 0) is 0 Å². The molecule has 0 heterocycles. The minimum absolute atomic E-state index is 0. The van der Waals surface area contributed by atoms with Gasteiger partial charge in [0.25, 0.3) is 0 Å². The predicted molar refractivity (Wildman–Crippen MR) is 28.4 cm³/mol. The third-order valence-electron chi connectivity index (χ3n) is 0. The van der Waals surface area contributed by atoms with Crippen molar-refractivity contribution in [1.29, 1.82) is 0 Å². The topological polar surface area (TPSA) is 0 Å². The predicted octanol–water partition coefficient (Wildman–Crippen LogP) is 0.493. The van der Waals surface area contributed by atoms with Crippen molar-refractivity contribution < 1.29 is 0 Å². The number of hydrogen-bond acceptors (Lipinski definition) is 1. The first kappa shape index (κ1) is 9.42. The Labute approximate surface area is 79.2 Å². The molecule has 0 aliphatic carbocycles. The zero-order chi connectivity index (χ0) is 2.71. The van der Waals surface area contributed by atoms with Crippen molar-refractivity contribution in [3.8, 4) is 0 Å². The maximum atomic E-state index is 4.13. The quantitative estimate of drug-likeness (QED) is 0.274. The molecule has 0 aromatic heterocycles. The molecule has 0 aromatic rings. The Kier molecular flexibility index (Phi) is 21.0. The van der Waals surface area contributed by atoms with Crippen LogP contribution in [0.3, 0.4) is 0 Å². The molecule has 0 amide bonds. The minimum Gasteiger partial charge on any atom is -0.140 e. The monoisotopic (exact) mass is 117 g/mol. The van der Waals surface area contributed by atoms with Gasteiger partial charge in [-0.25, -0.2) is 0 Å². The molecule has 0 aliphatic rings. The molecule has 0 bridgehead atoms. The van der Waals surface area contributed by atoms with Gasteiger partial charge in [0.1, 0.15) is 0 Å². The van der Waals surface area contributed by atoms with E-state index in [4.69, 9.17) is 0 Å². The molecule has 1 radical (unpaired) electrons. The maximum Gasteiger partial charge on any atom is 0.0310 e. The molecule has 0 unspecified atom stereocenters. The molecule has 19 valence electrons. The molecular formula is CH2KS2. The third kappa shape index (κ3) is 8.95. The molecular weight excluding hydrogens is 115 g/mol. The Morgan fingerprint density at radius 2 is 1.75 bits per heavy atom. The SMILES string of the molecule is S=CS.[K]. The third-order valence-corrected chi connectivity index (χ3v) is 0. The Morgan fingerprint density at radius 3 is 1.75 bits per heavy atom. The van der Waals surface area contributed by atoms with Gasteiger partial charge in [-0.05, 0) is 0 Å². The van der Waals surface area contributed by atoms with Crippen LogP contribution in [0.1, 0.15) is 0 Å². The maximum absolute atomic E-state index is 4.13. The van der Waals surface area contributed by atoms with Gasteiger partial charge in [0.15, 0.2) is 0 Å². The van der Waals surface area contributed by atoms with E-state index < -0.39 is 0 Å². The molecule has 0 fully saturated rings. The average Bonchev–Trinajstić information content (AvgIpc) is 0.918. The molecule has 0 atom stereocenters. The van der Waals surface area contributed by atoms with E-state index in [1.165, 1.54) is 4.70 Å². The fraction of sp³-hybridized carbons (Fsp3) is 0. The fourth-order valence-corrected chi connectivity index (χ4v) is 0. The first-order chi connectivity index (χ1) is 1.41. The van der Waals surface area contributed by atoms with E-state index in [0.29, 0.717) is 0 Å². The summed E-state index contributed by atoms with van der Waals surface area (Å²) in [5.41, 5.74) is 0. The van der Waals surface area contributed by atoms with Crippen molar-refractivity contribution in [2.75, 3.05) is 0 Å². The largest absolute Gasteiger partial charge is 0.140 e. The summed E-state index contributed by atoms with van der Waals surface area (Å²) >= 11 is 7.61. The van der Waals surface area contributed by atoms with Crippen molar-refractivity contribution >= 4 is 80.9 Å². The molecule has 0 saturated carbocycles. The summed E-state index contributed by atoms with van der Waals surface area (Å²) in [7, 11) is 0. The van der Waals surface area contributed by atoms with Gasteiger partial charge in [-0.15, -0.1) is 12.6 Å². The first-order valence-corrected chi connectivity index (χ1v) is 1.48. The summed E-state index contributed by atoms with van der Waals surface area (Å²) in [4.78, 5) is 0. The molecule has 0 N–H and O–H groups in total. The van der Waals surface area contributed by atoms with Gasteiger partial charge in [0, 0.05) is 56.1 Å². The second-order valence-corrected chi connectivity index (χ2v) is 0.949. The van der Waals surface area contributed by atoms with Gasteiger partial charge in [-0.1, -0.05) is 12.2 Å². The van der Waals surface area contributed by atoms with E-state index in [0.717, 1.165) is 0 Å². The van der Waals surface area contributed by atoms with Crippen molar-refractivity contribution in [3.05, 3.63) is 0 Å². The Balaban J connectivity index is 0. The van der Waals surface area contributed by atoms with Crippen LogP contribution in [0, 0.1) is 0 Å². The second kappa shape index (κ2) is 8.91. The Hall–Kier alpha value is 2.08. The van der Waals surface area contributed by atoms with Crippen LogP contribution in [-0.4, -0.2) is 56.1 Å². The van der Waals surface area contributed by atoms with Crippen LogP contribution < -0.4 is 0 Å². The smallest absolute Gasteiger partial charge is 0.0310 e. The summed E-state index contributed by atoms with van der Waals surface area (Å²) < 4.78 is 1.28.